The molecule has 36 heavy (non-hydrogen) atoms. The Morgan fingerprint density at radius 2 is 2.19 bits per heavy atom. The molecule has 8 nitrogen and oxygen atoms in total. The number of hydrogen-bond donors (Lipinski definition) is 3. The van der Waals surface area contributed by atoms with Crippen LogP contribution in [-0.2, 0) is 19.6 Å². The first-order valence-corrected chi connectivity index (χ1v) is 13.2. The van der Waals surface area contributed by atoms with Crippen molar-refractivity contribution in [3.8, 4) is 5.75 Å². The van der Waals surface area contributed by atoms with Gasteiger partial charge < -0.3 is 24.9 Å². The van der Waals surface area contributed by atoms with Gasteiger partial charge in [0.2, 0.25) is 0 Å². The highest BCUT2D eigenvalue weighted by molar-refractivity contribution is 9.10. The molecule has 2 heterocycles. The van der Waals surface area contributed by atoms with Crippen molar-refractivity contribution in [2.45, 2.75) is 51.0 Å². The van der Waals surface area contributed by atoms with E-state index >= 15 is 0 Å². The Morgan fingerprint density at radius 1 is 1.31 bits per heavy atom. The number of fused-ring (bicyclic) bond motifs is 1. The SMILES string of the molecule is O=C(NCC(O)CN1CCc2c(ccc(OCc3cnco3)c2Br)C1)c1cccc(NC2CCC2)c1. The van der Waals surface area contributed by atoms with Gasteiger partial charge >= 0.3 is 0 Å². The minimum atomic E-state index is -0.653. The lowest BCUT2D eigenvalue weighted by Crippen LogP contribution is -2.42. The summed E-state index contributed by atoms with van der Waals surface area (Å²) in [6.45, 7) is 2.57. The summed E-state index contributed by atoms with van der Waals surface area (Å²) in [5.41, 5.74) is 3.99. The summed E-state index contributed by atoms with van der Waals surface area (Å²) in [6, 6.07) is 12.1. The third-order valence-electron chi connectivity index (χ3n) is 6.80. The average molecular weight is 555 g/mol. The van der Waals surface area contributed by atoms with Gasteiger partial charge in [-0.1, -0.05) is 12.1 Å². The van der Waals surface area contributed by atoms with Crippen molar-refractivity contribution in [2.24, 2.45) is 0 Å². The van der Waals surface area contributed by atoms with E-state index in [4.69, 9.17) is 9.15 Å². The molecular weight excluding hydrogens is 524 g/mol. The van der Waals surface area contributed by atoms with Gasteiger partial charge in [0.05, 0.1) is 16.8 Å². The van der Waals surface area contributed by atoms with Crippen molar-refractivity contribution in [1.82, 2.24) is 15.2 Å². The molecule has 2 aliphatic rings. The fourth-order valence-electron chi connectivity index (χ4n) is 4.59. The van der Waals surface area contributed by atoms with E-state index in [1.165, 1.54) is 36.8 Å². The zero-order valence-corrected chi connectivity index (χ0v) is 21.7. The first-order valence-electron chi connectivity index (χ1n) is 12.4. The highest BCUT2D eigenvalue weighted by Gasteiger charge is 2.23. The second-order valence-corrected chi connectivity index (χ2v) is 10.3. The van der Waals surface area contributed by atoms with Crippen molar-refractivity contribution in [3.05, 3.63) is 75.9 Å². The number of anilines is 1. The lowest BCUT2D eigenvalue weighted by atomic mass is 9.93. The van der Waals surface area contributed by atoms with E-state index in [1.807, 2.05) is 24.3 Å². The van der Waals surface area contributed by atoms with Crippen LogP contribution in [0.15, 0.2) is 57.9 Å². The van der Waals surface area contributed by atoms with Gasteiger partial charge in [-0.05, 0) is 77.0 Å². The molecule has 0 bridgehead atoms. The normalized spacial score (nSPS) is 16.6. The van der Waals surface area contributed by atoms with Crippen molar-refractivity contribution >= 4 is 27.5 Å². The van der Waals surface area contributed by atoms with Crippen molar-refractivity contribution < 1.29 is 19.1 Å². The number of ether oxygens (including phenoxy) is 1. The number of nitrogens with zero attached hydrogens (tertiary/aromatic N) is 2. The van der Waals surface area contributed by atoms with Crippen LogP contribution in [0.5, 0.6) is 5.75 Å². The fourth-order valence-corrected chi connectivity index (χ4v) is 5.29. The molecule has 0 spiro atoms. The molecule has 9 heteroatoms. The minimum Gasteiger partial charge on any atom is -0.484 e. The van der Waals surface area contributed by atoms with E-state index in [9.17, 15) is 9.90 Å². The number of benzene rings is 2. The molecular formula is C27H31BrN4O4. The molecule has 2 aromatic carbocycles. The van der Waals surface area contributed by atoms with Crippen LogP contribution in [0.25, 0.3) is 0 Å². The molecule has 1 atom stereocenters. The highest BCUT2D eigenvalue weighted by Crippen LogP contribution is 2.35. The average Bonchev–Trinajstić information content (AvgIpc) is 3.38. The maximum Gasteiger partial charge on any atom is 0.251 e. The largest absolute Gasteiger partial charge is 0.484 e. The maximum atomic E-state index is 12.6. The number of aromatic nitrogens is 1. The predicted octanol–water partition coefficient (Wildman–Crippen LogP) is 4.13. The van der Waals surface area contributed by atoms with E-state index in [0.717, 1.165) is 35.4 Å². The van der Waals surface area contributed by atoms with E-state index in [-0.39, 0.29) is 12.5 Å². The molecule has 1 unspecified atom stereocenters. The van der Waals surface area contributed by atoms with Crippen LogP contribution in [-0.4, -0.2) is 52.7 Å². The van der Waals surface area contributed by atoms with Crippen molar-refractivity contribution in [1.29, 1.82) is 0 Å². The van der Waals surface area contributed by atoms with Crippen LogP contribution >= 0.6 is 15.9 Å². The van der Waals surface area contributed by atoms with Gasteiger partial charge in [0, 0.05) is 43.5 Å². The molecule has 0 saturated heterocycles. The molecule has 3 N–H and O–H groups in total. The van der Waals surface area contributed by atoms with Gasteiger partial charge in [-0.25, -0.2) is 4.98 Å². The number of amides is 1. The summed E-state index contributed by atoms with van der Waals surface area (Å²) in [7, 11) is 0. The molecule has 5 rings (SSSR count). The number of oxazole rings is 1. The second kappa shape index (κ2) is 11.5. The Labute approximate surface area is 219 Å². The van der Waals surface area contributed by atoms with Gasteiger partial charge in [-0.15, -0.1) is 0 Å². The Kier molecular flexibility index (Phi) is 7.89. The number of β-amino-alcohol motifs (C(OH)–C–C–N with tert-alkyl or cyclic N) is 1. The van der Waals surface area contributed by atoms with Crippen LogP contribution in [0.1, 0.15) is 46.5 Å². The zero-order valence-electron chi connectivity index (χ0n) is 20.1. The number of hydrogen-bond acceptors (Lipinski definition) is 7. The number of aliphatic hydroxyl groups is 1. The minimum absolute atomic E-state index is 0.169. The molecule has 0 radical (unpaired) electrons. The summed E-state index contributed by atoms with van der Waals surface area (Å²) in [4.78, 5) is 18.8. The summed E-state index contributed by atoms with van der Waals surface area (Å²) in [6.07, 6.45) is 6.84. The number of aliphatic hydroxyl groups excluding tert-OH is 1. The van der Waals surface area contributed by atoms with Crippen LogP contribution in [0, 0.1) is 0 Å². The van der Waals surface area contributed by atoms with Gasteiger partial charge in [-0.2, -0.15) is 0 Å². The zero-order chi connectivity index (χ0) is 24.9. The molecule has 1 fully saturated rings. The predicted molar refractivity (Wildman–Crippen MR) is 140 cm³/mol. The number of carbonyl (C=O) groups is 1. The molecule has 1 aliphatic carbocycles. The van der Waals surface area contributed by atoms with Gasteiger partial charge in [0.15, 0.2) is 12.2 Å². The maximum absolute atomic E-state index is 12.6. The Bertz CT molecular complexity index is 1180. The van der Waals surface area contributed by atoms with Crippen LogP contribution in [0.4, 0.5) is 5.69 Å². The van der Waals surface area contributed by atoms with Crippen LogP contribution in [0.3, 0.4) is 0 Å². The van der Waals surface area contributed by atoms with Crippen molar-refractivity contribution in [3.63, 3.8) is 0 Å². The van der Waals surface area contributed by atoms with Crippen LogP contribution < -0.4 is 15.4 Å². The molecule has 1 amide bonds. The molecule has 1 aliphatic heterocycles. The molecule has 3 aromatic rings. The van der Waals surface area contributed by atoms with Crippen molar-refractivity contribution in [2.75, 3.05) is 25.0 Å². The van der Waals surface area contributed by atoms with Gasteiger partial charge in [-0.3, -0.25) is 9.69 Å². The standard InChI is InChI=1S/C27H31BrN4O4/c28-26-24-9-10-32(14-19(24)7-8-25(26)35-16-23-13-29-17-36-23)15-22(33)12-30-27(34)18-3-1-6-21(11-18)31-20-4-2-5-20/h1,3,6-8,11,13,17,20,22,31,33H,2,4-5,9-10,12,14-16H2,(H,30,34). The summed E-state index contributed by atoms with van der Waals surface area (Å²) in [5.74, 6) is 1.27. The third-order valence-corrected chi connectivity index (χ3v) is 7.67. The number of carbonyl (C=O) groups excluding carboxylic acids is 1. The number of nitrogens with one attached hydrogen (secondary N) is 2. The summed E-state index contributed by atoms with van der Waals surface area (Å²) in [5, 5.41) is 17.0. The number of rotatable bonds is 10. The Balaban J connectivity index is 1.10. The number of halogens is 1. The second-order valence-electron chi connectivity index (χ2n) is 9.47. The monoisotopic (exact) mass is 554 g/mol. The Morgan fingerprint density at radius 3 is 2.97 bits per heavy atom. The molecule has 190 valence electrons. The van der Waals surface area contributed by atoms with E-state index in [2.05, 4.69) is 42.5 Å². The molecule has 1 aromatic heterocycles. The summed E-state index contributed by atoms with van der Waals surface area (Å²) >= 11 is 3.70. The van der Waals surface area contributed by atoms with E-state index in [1.54, 1.807) is 12.3 Å². The van der Waals surface area contributed by atoms with E-state index < -0.39 is 6.10 Å². The highest BCUT2D eigenvalue weighted by atomic mass is 79.9. The van der Waals surface area contributed by atoms with Crippen LogP contribution in [0.2, 0.25) is 0 Å². The summed E-state index contributed by atoms with van der Waals surface area (Å²) < 4.78 is 12.1. The van der Waals surface area contributed by atoms with E-state index in [0.29, 0.717) is 30.5 Å². The van der Waals surface area contributed by atoms with Gasteiger partial charge in [0.1, 0.15) is 12.4 Å². The van der Waals surface area contributed by atoms with Gasteiger partial charge in [0.25, 0.3) is 5.91 Å². The fraction of sp³-hybridized carbons (Fsp3) is 0.407. The lowest BCUT2D eigenvalue weighted by Gasteiger charge is -2.31. The third kappa shape index (κ3) is 6.08. The Hall–Kier alpha value is -2.88. The smallest absolute Gasteiger partial charge is 0.251 e. The molecule has 1 saturated carbocycles. The quantitative estimate of drug-likeness (QED) is 0.346. The first kappa shape index (κ1) is 24.8. The lowest BCUT2D eigenvalue weighted by molar-refractivity contribution is 0.0841. The first-order chi connectivity index (χ1) is 17.5. The topological polar surface area (TPSA) is 99.9 Å².